The molecule has 3 N–H and O–H groups in total. The van der Waals surface area contributed by atoms with Crippen molar-refractivity contribution in [3.63, 3.8) is 0 Å². The number of ketones is 1. The van der Waals surface area contributed by atoms with Gasteiger partial charge in [0, 0.05) is 11.8 Å². The summed E-state index contributed by atoms with van der Waals surface area (Å²) in [7, 11) is 0. The van der Waals surface area contributed by atoms with Crippen molar-refractivity contribution in [3.8, 4) is 0 Å². The highest BCUT2D eigenvalue weighted by molar-refractivity contribution is 5.91. The third kappa shape index (κ3) is 4.60. The standard InChI is InChI=1S/C29H46N2O4/c1-16(2)24(30)26(33)31-25(17(3)4)27(34)35-23-10-9-21-20-8-7-18-15-19(32)11-13-28(18,5)22(20)12-14-29(21,23)6/h15-17,20-25H,7-14,30H2,1-6H3,(H,31,33)/t20-,21-,22-,23-,24-,25-,28-,29-/m0/s1/i/hD. The van der Waals surface area contributed by atoms with Gasteiger partial charge in [-0.3, -0.25) is 9.59 Å². The van der Waals surface area contributed by atoms with Gasteiger partial charge in [0.15, 0.2) is 5.78 Å². The van der Waals surface area contributed by atoms with Crippen LogP contribution < -0.4 is 11.0 Å². The number of allylic oxidation sites excluding steroid dienone is 1. The molecule has 0 aliphatic heterocycles. The summed E-state index contributed by atoms with van der Waals surface area (Å²) in [5.41, 5.74) is 3.78. The van der Waals surface area contributed by atoms with Crippen molar-refractivity contribution in [1.29, 1.82) is 0 Å². The minimum Gasteiger partial charge on any atom is -0.460 e. The van der Waals surface area contributed by atoms with Crippen LogP contribution in [-0.2, 0) is 19.1 Å². The lowest BCUT2D eigenvalue weighted by Gasteiger charge is -2.57. The monoisotopic (exact) mass is 487 g/mol. The second-order valence-corrected chi connectivity index (χ2v) is 13.0. The average Bonchev–Trinajstić information content (AvgIpc) is 3.14. The first kappa shape index (κ1) is 25.0. The second kappa shape index (κ2) is 9.64. The number of nitrogens with two attached hydrogens (primary N) is 1. The molecular weight excluding hydrogens is 440 g/mol. The van der Waals surface area contributed by atoms with E-state index in [0.717, 1.165) is 44.9 Å². The summed E-state index contributed by atoms with van der Waals surface area (Å²) < 4.78 is 13.7. The molecule has 0 unspecified atom stereocenters. The van der Waals surface area contributed by atoms with E-state index >= 15 is 0 Å². The first-order chi connectivity index (χ1) is 16.9. The van der Waals surface area contributed by atoms with Gasteiger partial charge in [0.25, 0.3) is 0 Å². The van der Waals surface area contributed by atoms with Crippen LogP contribution in [-0.4, -0.2) is 35.8 Å². The van der Waals surface area contributed by atoms with Gasteiger partial charge in [-0.25, -0.2) is 4.79 Å². The highest BCUT2D eigenvalue weighted by Crippen LogP contribution is 2.65. The highest BCUT2D eigenvalue weighted by Gasteiger charge is 2.60. The third-order valence-corrected chi connectivity index (χ3v) is 10.3. The zero-order valence-corrected chi connectivity index (χ0v) is 22.5. The number of hydrogen-bond donors (Lipinski definition) is 2. The van der Waals surface area contributed by atoms with Crippen LogP contribution >= 0.6 is 0 Å². The molecule has 6 heteroatoms. The van der Waals surface area contributed by atoms with Crippen LogP contribution in [0.4, 0.5) is 0 Å². The van der Waals surface area contributed by atoms with Crippen molar-refractivity contribution >= 4 is 17.7 Å². The minimum atomic E-state index is -0.729. The Bertz CT molecular complexity index is 917. The SMILES string of the molecule is [2H]N[C@H](C(=O)N[C@H](C(=O)O[C@H]1CC[C@H]2[C@@H]3CCC4=CC(=O)CC[C@]4(C)[C@H]3CC[C@]12C)C(C)C)C(C)C. The Morgan fingerprint density at radius 1 is 1.06 bits per heavy atom. The number of esters is 1. The average molecular weight is 488 g/mol. The number of carbonyl (C=O) groups is 3. The molecule has 8 atom stereocenters. The molecule has 4 aliphatic carbocycles. The van der Waals surface area contributed by atoms with Crippen LogP contribution in [0.25, 0.3) is 0 Å². The molecule has 0 heterocycles. The summed E-state index contributed by atoms with van der Waals surface area (Å²) in [6, 6.07) is -1.41. The third-order valence-electron chi connectivity index (χ3n) is 10.3. The molecule has 6 nitrogen and oxygen atoms in total. The smallest absolute Gasteiger partial charge is 0.329 e. The zero-order valence-electron chi connectivity index (χ0n) is 23.5. The maximum atomic E-state index is 13.4. The summed E-state index contributed by atoms with van der Waals surface area (Å²) in [5, 5.41) is 2.86. The number of hydrogen-bond acceptors (Lipinski definition) is 5. The number of rotatable bonds is 7. The number of ether oxygens (including phenoxy) is 1. The fraction of sp³-hybridized carbons (Fsp3) is 0.828. The molecule has 0 radical (unpaired) electrons. The lowest BCUT2D eigenvalue weighted by molar-refractivity contribution is -0.164. The largest absolute Gasteiger partial charge is 0.460 e. The van der Waals surface area contributed by atoms with Crippen molar-refractivity contribution in [1.82, 2.24) is 5.32 Å². The van der Waals surface area contributed by atoms with Gasteiger partial charge in [-0.15, -0.1) is 0 Å². The Morgan fingerprint density at radius 2 is 1.80 bits per heavy atom. The summed E-state index contributed by atoms with van der Waals surface area (Å²) in [5.74, 6) is 1.16. The number of amides is 1. The molecule has 0 bridgehead atoms. The van der Waals surface area contributed by atoms with E-state index < -0.39 is 12.1 Å². The predicted molar refractivity (Wildman–Crippen MR) is 136 cm³/mol. The Morgan fingerprint density at radius 3 is 2.46 bits per heavy atom. The molecule has 0 aromatic heterocycles. The maximum Gasteiger partial charge on any atom is 0.329 e. The van der Waals surface area contributed by atoms with Crippen LogP contribution in [0.3, 0.4) is 0 Å². The lowest BCUT2D eigenvalue weighted by atomic mass is 9.47. The zero-order chi connectivity index (χ0) is 26.4. The molecule has 0 aromatic carbocycles. The van der Waals surface area contributed by atoms with E-state index in [4.69, 9.17) is 6.15 Å². The fourth-order valence-electron chi connectivity index (χ4n) is 7.96. The van der Waals surface area contributed by atoms with Crippen LogP contribution in [0.1, 0.15) is 92.9 Å². The quantitative estimate of drug-likeness (QED) is 0.513. The van der Waals surface area contributed by atoms with Gasteiger partial charge < -0.3 is 15.8 Å². The number of carbonyl (C=O) groups excluding carboxylic acids is 3. The van der Waals surface area contributed by atoms with E-state index in [1.165, 1.54) is 5.57 Å². The first-order valence-electron chi connectivity index (χ1n) is 14.3. The van der Waals surface area contributed by atoms with Crippen molar-refractivity contribution in [2.24, 2.45) is 46.1 Å². The number of fused-ring (bicyclic) bond motifs is 5. The van der Waals surface area contributed by atoms with Crippen LogP contribution in [0.5, 0.6) is 0 Å². The van der Waals surface area contributed by atoms with Gasteiger partial charge in [-0.2, -0.15) is 0 Å². The Hall–Kier alpha value is -1.69. The summed E-state index contributed by atoms with van der Waals surface area (Å²) in [6.07, 6.45) is 9.69. The molecular formula is C29H46N2O4. The van der Waals surface area contributed by atoms with Crippen LogP contribution in [0.15, 0.2) is 11.6 Å². The van der Waals surface area contributed by atoms with E-state index in [0.29, 0.717) is 30.0 Å². The molecule has 0 spiro atoms. The van der Waals surface area contributed by atoms with Crippen molar-refractivity contribution in [2.75, 3.05) is 0 Å². The predicted octanol–water partition coefficient (Wildman–Crippen LogP) is 4.55. The Kier molecular flexibility index (Phi) is 6.88. The fourth-order valence-corrected chi connectivity index (χ4v) is 7.96. The van der Waals surface area contributed by atoms with Crippen molar-refractivity contribution < 1.29 is 20.5 Å². The van der Waals surface area contributed by atoms with Crippen LogP contribution in [0, 0.1) is 40.4 Å². The summed E-state index contributed by atoms with van der Waals surface area (Å²) >= 11 is 0. The number of nitrogens with one attached hydrogen (secondary N) is 1. The van der Waals surface area contributed by atoms with Gasteiger partial charge >= 0.3 is 5.97 Å². The molecule has 35 heavy (non-hydrogen) atoms. The van der Waals surface area contributed by atoms with Crippen molar-refractivity contribution in [3.05, 3.63) is 11.6 Å². The molecule has 0 aromatic rings. The Labute approximate surface area is 212 Å². The van der Waals surface area contributed by atoms with Crippen LogP contribution in [0.2, 0.25) is 1.41 Å². The second-order valence-electron chi connectivity index (χ2n) is 13.0. The topological polar surface area (TPSA) is 98.5 Å². The van der Waals surface area contributed by atoms with Gasteiger partial charge in [-0.1, -0.05) is 47.1 Å². The molecule has 1 amide bonds. The van der Waals surface area contributed by atoms with E-state index in [1.807, 2.05) is 33.8 Å². The summed E-state index contributed by atoms with van der Waals surface area (Å²) in [6.45, 7) is 12.3. The lowest BCUT2D eigenvalue weighted by Crippen LogP contribution is -2.54. The first-order valence-corrected chi connectivity index (χ1v) is 13.8. The normalized spacial score (nSPS) is 38.6. The van der Waals surface area contributed by atoms with Gasteiger partial charge in [0.05, 0.1) is 6.04 Å². The highest BCUT2D eigenvalue weighted by atomic mass is 16.5. The molecule has 0 saturated heterocycles. The van der Waals surface area contributed by atoms with E-state index in [1.54, 1.807) is 0 Å². The molecule has 196 valence electrons. The molecule has 3 saturated carbocycles. The minimum absolute atomic E-state index is 0.0480. The Balaban J connectivity index is 1.46. The molecule has 4 rings (SSSR count). The molecule has 4 aliphatic rings. The van der Waals surface area contributed by atoms with Gasteiger partial charge in [0.2, 0.25) is 5.91 Å². The molecule has 3 fully saturated rings. The van der Waals surface area contributed by atoms with E-state index in [-0.39, 0.29) is 40.6 Å². The van der Waals surface area contributed by atoms with Gasteiger partial charge in [0.1, 0.15) is 13.6 Å². The van der Waals surface area contributed by atoms with E-state index in [2.05, 4.69) is 24.9 Å². The van der Waals surface area contributed by atoms with Gasteiger partial charge in [-0.05, 0) is 86.0 Å². The van der Waals surface area contributed by atoms with Crippen molar-refractivity contribution in [2.45, 2.75) is 111 Å². The van der Waals surface area contributed by atoms with E-state index in [9.17, 15) is 14.4 Å². The maximum absolute atomic E-state index is 13.4. The summed E-state index contributed by atoms with van der Waals surface area (Å²) in [4.78, 5) is 38.2.